The lowest BCUT2D eigenvalue weighted by molar-refractivity contribution is -0.0580. The van der Waals surface area contributed by atoms with Gasteiger partial charge in [0.1, 0.15) is 17.8 Å². The molecule has 0 saturated carbocycles. The van der Waals surface area contributed by atoms with Gasteiger partial charge in [-0.05, 0) is 18.5 Å². The monoisotopic (exact) mass is 435 g/mol. The maximum absolute atomic E-state index is 12.2. The number of nitrogen functional groups attached to an aromatic ring is 1. The molecule has 1 aliphatic rings. The Morgan fingerprint density at radius 2 is 2.18 bits per heavy atom. The van der Waals surface area contributed by atoms with Gasteiger partial charge in [0.25, 0.3) is 0 Å². The molecule has 11 nitrogen and oxygen atoms in total. The quantitative estimate of drug-likeness (QED) is 0.426. The van der Waals surface area contributed by atoms with E-state index in [2.05, 4.69) is 15.0 Å². The van der Waals surface area contributed by atoms with Crippen molar-refractivity contribution in [1.29, 1.82) is 0 Å². The molecule has 13 heteroatoms. The Hall–Kier alpha value is -1.33. The highest BCUT2D eigenvalue weighted by molar-refractivity contribution is 7.52. The van der Waals surface area contributed by atoms with E-state index in [9.17, 15) is 14.8 Å². The summed E-state index contributed by atoms with van der Waals surface area (Å²) < 4.78 is 30.1. The van der Waals surface area contributed by atoms with Gasteiger partial charge in [-0.15, -0.1) is 0 Å². The van der Waals surface area contributed by atoms with Crippen LogP contribution in [-0.4, -0.2) is 68.4 Å². The summed E-state index contributed by atoms with van der Waals surface area (Å²) in [6.45, 7) is 4.31. The van der Waals surface area contributed by atoms with Crippen molar-refractivity contribution in [2.24, 2.45) is 5.41 Å². The number of aliphatic hydroxyl groups excluding tert-OH is 2. The first kappa shape index (κ1) is 21.4. The van der Waals surface area contributed by atoms with Crippen LogP contribution in [0.2, 0.25) is 5.28 Å². The fourth-order valence-electron chi connectivity index (χ4n) is 3.21. The zero-order valence-electron chi connectivity index (χ0n) is 15.6. The highest BCUT2D eigenvalue weighted by Gasteiger charge is 2.54. The van der Waals surface area contributed by atoms with Gasteiger partial charge in [0.2, 0.25) is 5.28 Å². The van der Waals surface area contributed by atoms with Crippen LogP contribution in [0.4, 0.5) is 5.82 Å². The third-order valence-electron chi connectivity index (χ3n) is 4.75. The van der Waals surface area contributed by atoms with E-state index >= 15 is 0 Å². The molecular formula is C15H23ClN5O6P. The van der Waals surface area contributed by atoms with Gasteiger partial charge in [-0.25, -0.2) is 4.98 Å². The summed E-state index contributed by atoms with van der Waals surface area (Å²) in [5.41, 5.74) is 5.32. The first-order valence-electron chi connectivity index (χ1n) is 8.59. The van der Waals surface area contributed by atoms with Gasteiger partial charge in [-0.1, -0.05) is 6.92 Å². The molecule has 2 aromatic rings. The summed E-state index contributed by atoms with van der Waals surface area (Å²) in [5, 5.41) is 20.7. The summed E-state index contributed by atoms with van der Waals surface area (Å²) in [4.78, 5) is 12.2. The minimum absolute atomic E-state index is 0.0699. The van der Waals surface area contributed by atoms with Crippen LogP contribution in [0.5, 0.6) is 0 Å². The molecule has 5 atom stereocenters. The van der Waals surface area contributed by atoms with Crippen molar-refractivity contribution in [3.8, 4) is 0 Å². The van der Waals surface area contributed by atoms with Crippen LogP contribution >= 0.6 is 19.2 Å². The third-order valence-corrected chi connectivity index (χ3v) is 6.26. The number of hydrogen-bond acceptors (Lipinski definition) is 10. The molecule has 4 N–H and O–H groups in total. The Kier molecular flexibility index (Phi) is 5.98. The molecular weight excluding hydrogens is 413 g/mol. The van der Waals surface area contributed by atoms with Crippen molar-refractivity contribution in [2.75, 3.05) is 32.2 Å². The maximum Gasteiger partial charge on any atom is 0.327 e. The highest BCUT2D eigenvalue weighted by atomic mass is 35.5. The number of aromatic nitrogens is 4. The van der Waals surface area contributed by atoms with Gasteiger partial charge in [-0.2, -0.15) is 9.97 Å². The van der Waals surface area contributed by atoms with Gasteiger partial charge < -0.3 is 29.7 Å². The largest absolute Gasteiger partial charge is 0.396 e. The molecule has 2 unspecified atom stereocenters. The van der Waals surface area contributed by atoms with Crippen molar-refractivity contribution < 1.29 is 28.6 Å². The Labute approximate surface area is 166 Å². The molecule has 2 aromatic heterocycles. The van der Waals surface area contributed by atoms with Gasteiger partial charge in [0.05, 0.1) is 37.7 Å². The lowest BCUT2D eigenvalue weighted by Gasteiger charge is -2.31. The molecule has 1 aliphatic heterocycles. The third kappa shape index (κ3) is 3.76. The number of imidazole rings is 1. The van der Waals surface area contributed by atoms with Gasteiger partial charge in [0, 0.05) is 6.66 Å². The topological polar surface area (TPSA) is 155 Å². The number of halogens is 1. The van der Waals surface area contributed by atoms with Crippen LogP contribution in [-0.2, 0) is 18.3 Å². The van der Waals surface area contributed by atoms with E-state index in [0.29, 0.717) is 11.2 Å². The first-order valence-corrected chi connectivity index (χ1v) is 11.0. The summed E-state index contributed by atoms with van der Waals surface area (Å²) in [5.74, 6) is 0.0986. The van der Waals surface area contributed by atoms with Crippen molar-refractivity contribution >= 4 is 36.2 Å². The molecule has 0 radical (unpaired) electrons. The average molecular weight is 436 g/mol. The summed E-state index contributed by atoms with van der Waals surface area (Å²) >= 11 is 5.90. The predicted octanol–water partition coefficient (Wildman–Crippen LogP) is 1.19. The number of rotatable bonds is 7. The van der Waals surface area contributed by atoms with Crippen LogP contribution in [0.25, 0.3) is 11.2 Å². The standard InChI is InChI=1S/C15H23ClN5O6P/c1-4-25-28(3,24)26-5-8-10(23)15(2,6-22)13(27-8)21-7-18-9-11(17)19-14(16)20-12(9)21/h7-8,10,13,22-23H,4-6H2,1-3H3,(H2,17,19,20)/t8-,10+,13-,15?,28?/m1/s1. The van der Waals surface area contributed by atoms with Crippen LogP contribution in [0.15, 0.2) is 6.33 Å². The van der Waals surface area contributed by atoms with Gasteiger partial charge >= 0.3 is 7.60 Å². The van der Waals surface area contributed by atoms with E-state index in [0.717, 1.165) is 0 Å². The molecule has 0 bridgehead atoms. The molecule has 3 rings (SSSR count). The second-order valence-electron chi connectivity index (χ2n) is 6.82. The minimum atomic E-state index is -3.28. The molecule has 156 valence electrons. The fraction of sp³-hybridized carbons (Fsp3) is 0.667. The molecule has 0 aromatic carbocycles. The maximum atomic E-state index is 12.2. The number of hydrogen-bond donors (Lipinski definition) is 3. The number of ether oxygens (including phenoxy) is 1. The zero-order valence-corrected chi connectivity index (χ0v) is 17.3. The fourth-order valence-corrected chi connectivity index (χ4v) is 4.35. The number of fused-ring (bicyclic) bond motifs is 1. The zero-order chi connectivity index (χ0) is 20.7. The summed E-state index contributed by atoms with van der Waals surface area (Å²) in [6, 6.07) is 0. The molecule has 0 spiro atoms. The second-order valence-corrected chi connectivity index (χ2v) is 9.22. The Morgan fingerprint density at radius 1 is 1.46 bits per heavy atom. The summed E-state index contributed by atoms with van der Waals surface area (Å²) in [7, 11) is -3.28. The van der Waals surface area contributed by atoms with E-state index in [-0.39, 0.29) is 24.3 Å². The Morgan fingerprint density at radius 3 is 2.82 bits per heavy atom. The predicted molar refractivity (Wildman–Crippen MR) is 101 cm³/mol. The molecule has 3 heterocycles. The lowest BCUT2D eigenvalue weighted by atomic mass is 9.83. The average Bonchev–Trinajstić information content (AvgIpc) is 3.14. The van der Waals surface area contributed by atoms with Crippen molar-refractivity contribution in [1.82, 2.24) is 19.5 Å². The second kappa shape index (κ2) is 7.83. The molecule has 28 heavy (non-hydrogen) atoms. The minimum Gasteiger partial charge on any atom is -0.396 e. The smallest absolute Gasteiger partial charge is 0.327 e. The van der Waals surface area contributed by atoms with E-state index in [1.165, 1.54) is 17.6 Å². The molecule has 1 saturated heterocycles. The molecule has 0 aliphatic carbocycles. The lowest BCUT2D eigenvalue weighted by Crippen LogP contribution is -2.41. The summed E-state index contributed by atoms with van der Waals surface area (Å²) in [6.07, 6.45) is -1.44. The van der Waals surface area contributed by atoms with E-state index in [4.69, 9.17) is 31.1 Å². The Bertz CT molecular complexity index is 912. The molecule has 0 amide bonds. The normalized spacial score (nSPS) is 30.0. The SMILES string of the molecule is CCOP(C)(=O)OC[C@H]1O[C@@H](n2cnc3c(N)nc(Cl)nc32)C(C)(CO)[C@H]1O. The van der Waals surface area contributed by atoms with E-state index < -0.39 is 38.1 Å². The number of anilines is 1. The van der Waals surface area contributed by atoms with Crippen molar-refractivity contribution in [2.45, 2.75) is 32.3 Å². The van der Waals surface area contributed by atoms with Crippen molar-refractivity contribution in [3.05, 3.63) is 11.6 Å². The highest BCUT2D eigenvalue weighted by Crippen LogP contribution is 2.49. The van der Waals surface area contributed by atoms with Crippen LogP contribution in [0, 0.1) is 5.41 Å². The number of aliphatic hydroxyl groups is 2. The van der Waals surface area contributed by atoms with Crippen LogP contribution in [0.3, 0.4) is 0 Å². The number of nitrogens with zero attached hydrogens (tertiary/aromatic N) is 4. The Balaban J connectivity index is 1.92. The molecule has 1 fully saturated rings. The van der Waals surface area contributed by atoms with Crippen LogP contribution < -0.4 is 5.73 Å². The van der Waals surface area contributed by atoms with E-state index in [1.54, 1.807) is 13.8 Å². The van der Waals surface area contributed by atoms with Gasteiger partial charge in [0.15, 0.2) is 11.5 Å². The van der Waals surface area contributed by atoms with Gasteiger partial charge in [-0.3, -0.25) is 9.13 Å². The van der Waals surface area contributed by atoms with E-state index in [1.807, 2.05) is 0 Å². The van der Waals surface area contributed by atoms with Crippen molar-refractivity contribution in [3.63, 3.8) is 0 Å². The number of nitrogens with two attached hydrogens (primary N) is 1. The first-order chi connectivity index (χ1) is 13.1. The van der Waals surface area contributed by atoms with Crippen LogP contribution in [0.1, 0.15) is 20.1 Å².